The first-order chi connectivity index (χ1) is 11.5. The minimum Gasteiger partial charge on any atom is -0.492 e. The molecule has 2 rings (SSSR count). The van der Waals surface area contributed by atoms with Crippen LogP contribution in [0.5, 0.6) is 5.75 Å². The van der Waals surface area contributed by atoms with E-state index in [1.54, 1.807) is 36.4 Å². The summed E-state index contributed by atoms with van der Waals surface area (Å²) in [6, 6.07) is 13.9. The third-order valence-corrected chi connectivity index (χ3v) is 3.24. The van der Waals surface area contributed by atoms with Gasteiger partial charge in [0, 0.05) is 17.2 Å². The molecule has 0 unspecified atom stereocenters. The van der Waals surface area contributed by atoms with Crippen molar-refractivity contribution < 1.29 is 14.3 Å². The summed E-state index contributed by atoms with van der Waals surface area (Å²) in [5.74, 6) is 0.123. The fourth-order valence-corrected chi connectivity index (χ4v) is 2.19. The van der Waals surface area contributed by atoms with Gasteiger partial charge < -0.3 is 15.4 Å². The third kappa shape index (κ3) is 4.59. The lowest BCUT2D eigenvalue weighted by molar-refractivity contribution is 0.0943. The maximum Gasteiger partial charge on any atom is 0.255 e. The third-order valence-electron chi connectivity index (χ3n) is 3.24. The fourth-order valence-electron chi connectivity index (χ4n) is 2.19. The van der Waals surface area contributed by atoms with Crippen molar-refractivity contribution in [2.75, 3.05) is 11.9 Å². The van der Waals surface area contributed by atoms with Crippen molar-refractivity contribution in [2.24, 2.45) is 0 Å². The average Bonchev–Trinajstić information content (AvgIpc) is 2.56. The molecule has 5 heteroatoms. The van der Waals surface area contributed by atoms with Crippen LogP contribution in [0.4, 0.5) is 5.69 Å². The van der Waals surface area contributed by atoms with Crippen LogP contribution in [0.3, 0.4) is 0 Å². The molecule has 0 heterocycles. The van der Waals surface area contributed by atoms with Gasteiger partial charge in [-0.2, -0.15) is 0 Å². The Balaban J connectivity index is 2.17. The van der Waals surface area contributed by atoms with Crippen LogP contribution < -0.4 is 15.4 Å². The van der Waals surface area contributed by atoms with Crippen LogP contribution in [0.1, 0.15) is 41.5 Å². The van der Waals surface area contributed by atoms with E-state index in [1.165, 1.54) is 0 Å². The quantitative estimate of drug-likeness (QED) is 0.854. The van der Waals surface area contributed by atoms with Crippen molar-refractivity contribution in [2.45, 2.75) is 26.8 Å². The molecule has 0 aliphatic carbocycles. The normalized spacial score (nSPS) is 10.3. The van der Waals surface area contributed by atoms with E-state index in [4.69, 9.17) is 4.74 Å². The molecule has 0 bridgehead atoms. The number of carbonyl (C=O) groups excluding carboxylic acids is 2. The Hall–Kier alpha value is -2.82. The molecule has 0 saturated heterocycles. The first-order valence-electron chi connectivity index (χ1n) is 7.95. The van der Waals surface area contributed by atoms with Gasteiger partial charge in [0.1, 0.15) is 5.75 Å². The van der Waals surface area contributed by atoms with Gasteiger partial charge >= 0.3 is 0 Å². The molecule has 24 heavy (non-hydrogen) atoms. The Morgan fingerprint density at radius 2 is 1.67 bits per heavy atom. The summed E-state index contributed by atoms with van der Waals surface area (Å²) in [6.45, 7) is 6.17. The van der Waals surface area contributed by atoms with Gasteiger partial charge in [-0.25, -0.2) is 0 Å². The summed E-state index contributed by atoms with van der Waals surface area (Å²) in [5, 5.41) is 5.63. The fraction of sp³-hybridized carbons (Fsp3) is 0.263. The number of amides is 2. The van der Waals surface area contributed by atoms with Crippen LogP contribution in [-0.2, 0) is 0 Å². The van der Waals surface area contributed by atoms with Crippen molar-refractivity contribution in [3.8, 4) is 5.75 Å². The highest BCUT2D eigenvalue weighted by atomic mass is 16.5. The van der Waals surface area contributed by atoms with Crippen LogP contribution >= 0.6 is 0 Å². The molecule has 0 radical (unpaired) electrons. The summed E-state index contributed by atoms with van der Waals surface area (Å²) >= 11 is 0. The van der Waals surface area contributed by atoms with Gasteiger partial charge in [0.25, 0.3) is 11.8 Å². The Labute approximate surface area is 142 Å². The molecule has 0 aliphatic heterocycles. The van der Waals surface area contributed by atoms with Crippen molar-refractivity contribution in [3.05, 3.63) is 59.7 Å². The second-order valence-electron chi connectivity index (χ2n) is 5.59. The molecule has 5 nitrogen and oxygen atoms in total. The molecule has 0 saturated carbocycles. The first-order valence-corrected chi connectivity index (χ1v) is 7.95. The predicted octanol–water partition coefficient (Wildman–Crippen LogP) is 3.48. The maximum absolute atomic E-state index is 12.5. The van der Waals surface area contributed by atoms with E-state index < -0.39 is 0 Å². The lowest BCUT2D eigenvalue weighted by atomic mass is 10.1. The van der Waals surface area contributed by atoms with E-state index >= 15 is 0 Å². The number of para-hydroxylation sites is 2. The van der Waals surface area contributed by atoms with Crippen LogP contribution in [0.2, 0.25) is 0 Å². The second kappa shape index (κ2) is 8.15. The molecule has 0 fully saturated rings. The molecule has 2 amide bonds. The van der Waals surface area contributed by atoms with Crippen molar-refractivity contribution >= 4 is 17.5 Å². The summed E-state index contributed by atoms with van der Waals surface area (Å²) in [7, 11) is 0. The van der Waals surface area contributed by atoms with Gasteiger partial charge in [-0.15, -0.1) is 0 Å². The van der Waals surface area contributed by atoms with E-state index in [9.17, 15) is 9.59 Å². The molecule has 2 N–H and O–H groups in total. The van der Waals surface area contributed by atoms with Gasteiger partial charge in [-0.3, -0.25) is 9.59 Å². The van der Waals surface area contributed by atoms with Gasteiger partial charge in [-0.05, 0) is 51.1 Å². The number of hydrogen-bond donors (Lipinski definition) is 2. The van der Waals surface area contributed by atoms with Crippen molar-refractivity contribution in [3.63, 3.8) is 0 Å². The second-order valence-corrected chi connectivity index (χ2v) is 5.59. The molecule has 0 atom stereocenters. The van der Waals surface area contributed by atoms with Crippen LogP contribution in [0.25, 0.3) is 0 Å². The van der Waals surface area contributed by atoms with E-state index in [0.717, 1.165) is 0 Å². The van der Waals surface area contributed by atoms with E-state index in [1.807, 2.05) is 32.9 Å². The number of anilines is 1. The van der Waals surface area contributed by atoms with Crippen LogP contribution in [0.15, 0.2) is 48.5 Å². The lowest BCUT2D eigenvalue weighted by Crippen LogP contribution is -2.30. The standard InChI is InChI=1S/C19H22N2O3/c1-4-24-17-11-6-5-10-16(17)21-19(23)15-9-7-8-14(12-15)18(22)20-13(2)3/h5-13H,4H2,1-3H3,(H,20,22)(H,21,23). The minimum atomic E-state index is -0.290. The molecule has 0 spiro atoms. The van der Waals surface area contributed by atoms with E-state index in [-0.39, 0.29) is 17.9 Å². The zero-order valence-corrected chi connectivity index (χ0v) is 14.1. The smallest absolute Gasteiger partial charge is 0.255 e. The molecular weight excluding hydrogens is 304 g/mol. The maximum atomic E-state index is 12.5. The molecule has 2 aromatic carbocycles. The lowest BCUT2D eigenvalue weighted by Gasteiger charge is -2.12. The monoisotopic (exact) mass is 326 g/mol. The predicted molar refractivity (Wildman–Crippen MR) is 94.6 cm³/mol. The van der Waals surface area contributed by atoms with Crippen molar-refractivity contribution in [1.29, 1.82) is 0 Å². The van der Waals surface area contributed by atoms with Gasteiger partial charge in [0.15, 0.2) is 0 Å². The summed E-state index contributed by atoms with van der Waals surface area (Å²) < 4.78 is 5.50. The largest absolute Gasteiger partial charge is 0.492 e. The molecule has 0 aliphatic rings. The van der Waals surface area contributed by atoms with Crippen LogP contribution in [-0.4, -0.2) is 24.5 Å². The molecule has 2 aromatic rings. The molecular formula is C19H22N2O3. The highest BCUT2D eigenvalue weighted by Gasteiger charge is 2.13. The Morgan fingerprint density at radius 3 is 2.33 bits per heavy atom. The summed E-state index contributed by atoms with van der Waals surface area (Å²) in [5.41, 5.74) is 1.47. The highest BCUT2D eigenvalue weighted by molar-refractivity contribution is 6.06. The highest BCUT2D eigenvalue weighted by Crippen LogP contribution is 2.24. The zero-order valence-electron chi connectivity index (χ0n) is 14.1. The molecule has 0 aromatic heterocycles. The SMILES string of the molecule is CCOc1ccccc1NC(=O)c1cccc(C(=O)NC(C)C)c1. The number of hydrogen-bond acceptors (Lipinski definition) is 3. The number of ether oxygens (including phenoxy) is 1. The number of benzene rings is 2. The number of rotatable bonds is 6. The Bertz CT molecular complexity index is 726. The average molecular weight is 326 g/mol. The van der Waals surface area contributed by atoms with E-state index in [2.05, 4.69) is 10.6 Å². The van der Waals surface area contributed by atoms with Crippen LogP contribution in [0, 0.1) is 0 Å². The summed E-state index contributed by atoms with van der Waals surface area (Å²) in [4.78, 5) is 24.5. The number of carbonyl (C=O) groups is 2. The topological polar surface area (TPSA) is 67.4 Å². The minimum absolute atomic E-state index is 0.0352. The molecule has 126 valence electrons. The van der Waals surface area contributed by atoms with Gasteiger partial charge in [0.05, 0.1) is 12.3 Å². The zero-order chi connectivity index (χ0) is 17.5. The van der Waals surface area contributed by atoms with E-state index in [0.29, 0.717) is 29.2 Å². The van der Waals surface area contributed by atoms with Crippen molar-refractivity contribution in [1.82, 2.24) is 5.32 Å². The number of nitrogens with one attached hydrogen (secondary N) is 2. The first kappa shape index (κ1) is 17.5. The summed E-state index contributed by atoms with van der Waals surface area (Å²) in [6.07, 6.45) is 0. The Morgan fingerprint density at radius 1 is 1.00 bits per heavy atom. The van der Waals surface area contributed by atoms with Gasteiger partial charge in [-0.1, -0.05) is 18.2 Å². The Kier molecular flexibility index (Phi) is 5.95. The van der Waals surface area contributed by atoms with Gasteiger partial charge in [0.2, 0.25) is 0 Å².